The third-order valence-electron chi connectivity index (χ3n) is 6.58. The Bertz CT molecular complexity index is 1600. The van der Waals surface area contributed by atoms with Crippen LogP contribution >= 0.6 is 0 Å². The first-order valence-corrected chi connectivity index (χ1v) is 12.0. The minimum absolute atomic E-state index is 0.277. The molecule has 12 nitrogen and oxygen atoms in total. The molecule has 0 amide bonds. The van der Waals surface area contributed by atoms with E-state index in [1.165, 1.54) is 0 Å². The first-order valence-electron chi connectivity index (χ1n) is 12.0. The van der Waals surface area contributed by atoms with Crippen LogP contribution in [0.3, 0.4) is 0 Å². The summed E-state index contributed by atoms with van der Waals surface area (Å²) in [5, 5.41) is 13.3. The Morgan fingerprint density at radius 3 is 2.59 bits per heavy atom. The predicted octanol–water partition coefficient (Wildman–Crippen LogP) is 2.40. The summed E-state index contributed by atoms with van der Waals surface area (Å²) in [5.41, 5.74) is 4.06. The number of hydrogen-bond donors (Lipinski definition) is 0. The number of nitrogens with zero attached hydrogens (tertiary/aromatic N) is 10. The van der Waals surface area contributed by atoms with Crippen LogP contribution in [-0.4, -0.2) is 72.7 Å². The molecule has 1 saturated heterocycles. The van der Waals surface area contributed by atoms with Crippen LogP contribution in [0.2, 0.25) is 0 Å². The Labute approximate surface area is 211 Å². The number of ether oxygens (including phenoxy) is 2. The number of rotatable bonds is 4. The molecule has 0 spiro atoms. The molecule has 0 atom stereocenters. The van der Waals surface area contributed by atoms with Gasteiger partial charge in [-0.2, -0.15) is 9.50 Å². The number of pyridine rings is 1. The largest absolute Gasteiger partial charge is 0.454 e. The number of benzene rings is 1. The first kappa shape index (κ1) is 21.4. The van der Waals surface area contributed by atoms with Gasteiger partial charge in [0.1, 0.15) is 5.69 Å². The monoisotopic (exact) mass is 494 g/mol. The second kappa shape index (κ2) is 8.66. The van der Waals surface area contributed by atoms with Crippen molar-refractivity contribution in [3.8, 4) is 34.3 Å². The fourth-order valence-corrected chi connectivity index (χ4v) is 4.59. The Hall–Kier alpha value is -4.87. The highest BCUT2D eigenvalue weighted by molar-refractivity contribution is 5.61. The van der Waals surface area contributed by atoms with Crippen molar-refractivity contribution in [2.45, 2.75) is 6.92 Å². The lowest BCUT2D eigenvalue weighted by atomic mass is 10.2. The molecule has 184 valence electrons. The molecule has 2 aliphatic rings. The van der Waals surface area contributed by atoms with Crippen LogP contribution in [0.25, 0.3) is 28.6 Å². The summed E-state index contributed by atoms with van der Waals surface area (Å²) in [6, 6.07) is 11.7. The van der Waals surface area contributed by atoms with Crippen molar-refractivity contribution in [1.82, 2.24) is 39.7 Å². The first-order chi connectivity index (χ1) is 18.2. The molecular formula is C25H22N10O2. The van der Waals surface area contributed by atoms with Gasteiger partial charge in [0.2, 0.25) is 12.7 Å². The molecule has 2 aliphatic heterocycles. The van der Waals surface area contributed by atoms with Crippen LogP contribution in [0.5, 0.6) is 11.5 Å². The van der Waals surface area contributed by atoms with Gasteiger partial charge in [0.15, 0.2) is 17.3 Å². The minimum Gasteiger partial charge on any atom is -0.454 e. The second-order valence-corrected chi connectivity index (χ2v) is 8.78. The van der Waals surface area contributed by atoms with Gasteiger partial charge in [-0.1, -0.05) is 0 Å². The molecule has 37 heavy (non-hydrogen) atoms. The van der Waals surface area contributed by atoms with E-state index in [4.69, 9.17) is 14.5 Å². The lowest BCUT2D eigenvalue weighted by Gasteiger charge is -2.36. The van der Waals surface area contributed by atoms with Gasteiger partial charge in [-0.3, -0.25) is 4.98 Å². The van der Waals surface area contributed by atoms with E-state index in [0.29, 0.717) is 28.9 Å². The van der Waals surface area contributed by atoms with E-state index in [2.05, 4.69) is 46.1 Å². The highest BCUT2D eigenvalue weighted by Crippen LogP contribution is 2.35. The Balaban J connectivity index is 1.12. The van der Waals surface area contributed by atoms with Gasteiger partial charge < -0.3 is 19.3 Å². The molecule has 4 aromatic heterocycles. The normalized spacial score (nSPS) is 14.9. The van der Waals surface area contributed by atoms with Crippen LogP contribution in [-0.2, 0) is 0 Å². The summed E-state index contributed by atoms with van der Waals surface area (Å²) in [4.78, 5) is 22.5. The van der Waals surface area contributed by atoms with Crippen molar-refractivity contribution < 1.29 is 9.47 Å². The lowest BCUT2D eigenvalue weighted by Crippen LogP contribution is -2.47. The van der Waals surface area contributed by atoms with Crippen molar-refractivity contribution in [2.24, 2.45) is 0 Å². The van der Waals surface area contributed by atoms with E-state index in [-0.39, 0.29) is 6.79 Å². The zero-order valence-corrected chi connectivity index (χ0v) is 20.0. The van der Waals surface area contributed by atoms with Crippen LogP contribution in [0.15, 0.2) is 55.0 Å². The molecule has 12 heteroatoms. The van der Waals surface area contributed by atoms with Crippen LogP contribution in [0.1, 0.15) is 5.69 Å². The SMILES string of the molecule is Cc1c(-c2ccnc(N3CCN(c4ccc5c(c4)OCO5)CC3)n2)nnc2nc(-c3cccnc3)nn12. The zero-order chi connectivity index (χ0) is 24.8. The maximum Gasteiger partial charge on any atom is 0.272 e. The van der Waals surface area contributed by atoms with Gasteiger partial charge in [0.05, 0.1) is 11.4 Å². The smallest absolute Gasteiger partial charge is 0.272 e. The molecule has 0 N–H and O–H groups in total. The molecule has 5 aromatic rings. The molecule has 0 saturated carbocycles. The molecule has 0 aliphatic carbocycles. The van der Waals surface area contributed by atoms with E-state index in [1.807, 2.05) is 37.3 Å². The van der Waals surface area contributed by atoms with Gasteiger partial charge in [-0.05, 0) is 37.3 Å². The lowest BCUT2D eigenvalue weighted by molar-refractivity contribution is 0.174. The topological polar surface area (TPSA) is 120 Å². The second-order valence-electron chi connectivity index (χ2n) is 8.78. The number of aryl methyl sites for hydroxylation is 1. The van der Waals surface area contributed by atoms with E-state index in [0.717, 1.165) is 54.6 Å². The number of aromatic nitrogens is 8. The summed E-state index contributed by atoms with van der Waals surface area (Å²) in [6.45, 7) is 5.48. The molecule has 0 radical (unpaired) electrons. The van der Waals surface area contributed by atoms with E-state index >= 15 is 0 Å². The molecule has 1 fully saturated rings. The molecule has 6 heterocycles. The number of fused-ring (bicyclic) bond motifs is 2. The van der Waals surface area contributed by atoms with E-state index in [1.54, 1.807) is 23.1 Å². The highest BCUT2D eigenvalue weighted by atomic mass is 16.7. The average molecular weight is 495 g/mol. The molecular weight excluding hydrogens is 472 g/mol. The number of piperazine rings is 1. The Morgan fingerprint density at radius 1 is 0.865 bits per heavy atom. The maximum absolute atomic E-state index is 5.53. The summed E-state index contributed by atoms with van der Waals surface area (Å²) in [6.07, 6.45) is 5.20. The van der Waals surface area contributed by atoms with Gasteiger partial charge in [0.25, 0.3) is 5.78 Å². The third kappa shape index (κ3) is 3.82. The molecule has 0 bridgehead atoms. The van der Waals surface area contributed by atoms with Crippen LogP contribution in [0.4, 0.5) is 11.6 Å². The van der Waals surface area contributed by atoms with Crippen molar-refractivity contribution in [2.75, 3.05) is 42.8 Å². The summed E-state index contributed by atoms with van der Waals surface area (Å²) in [7, 11) is 0. The van der Waals surface area contributed by atoms with Gasteiger partial charge in [-0.25, -0.2) is 9.97 Å². The highest BCUT2D eigenvalue weighted by Gasteiger charge is 2.23. The van der Waals surface area contributed by atoms with Crippen molar-refractivity contribution in [3.63, 3.8) is 0 Å². The Kier molecular flexibility index (Phi) is 5.01. The predicted molar refractivity (Wildman–Crippen MR) is 135 cm³/mol. The quantitative estimate of drug-likeness (QED) is 0.366. The zero-order valence-electron chi connectivity index (χ0n) is 20.0. The van der Waals surface area contributed by atoms with Crippen molar-refractivity contribution >= 4 is 17.4 Å². The number of anilines is 2. The standard InChI is InChI=1S/C25H22N10O2/c1-16-22(30-31-25-29-23(32-35(16)25)17-3-2-7-26-14-17)19-6-8-27-24(28-19)34-11-9-33(10-12-34)18-4-5-20-21(13-18)37-15-36-20/h2-8,13-14H,9-12,15H2,1H3. The Morgan fingerprint density at radius 2 is 1.73 bits per heavy atom. The van der Waals surface area contributed by atoms with Crippen molar-refractivity contribution in [1.29, 1.82) is 0 Å². The third-order valence-corrected chi connectivity index (χ3v) is 6.58. The van der Waals surface area contributed by atoms with Gasteiger partial charge in [0, 0.05) is 62.1 Å². The van der Waals surface area contributed by atoms with E-state index < -0.39 is 0 Å². The minimum atomic E-state index is 0.277. The molecule has 1 aromatic carbocycles. The molecule has 7 rings (SSSR count). The van der Waals surface area contributed by atoms with Gasteiger partial charge >= 0.3 is 0 Å². The van der Waals surface area contributed by atoms with Crippen molar-refractivity contribution in [3.05, 3.63) is 60.7 Å². The maximum atomic E-state index is 5.53. The van der Waals surface area contributed by atoms with Crippen LogP contribution < -0.4 is 19.3 Å². The fourth-order valence-electron chi connectivity index (χ4n) is 4.59. The molecule has 0 unspecified atom stereocenters. The summed E-state index contributed by atoms with van der Waals surface area (Å²) in [5.74, 6) is 3.23. The van der Waals surface area contributed by atoms with Crippen LogP contribution in [0, 0.1) is 6.92 Å². The average Bonchev–Trinajstić information content (AvgIpc) is 3.61. The summed E-state index contributed by atoms with van der Waals surface area (Å²) < 4.78 is 12.7. The number of hydrogen-bond acceptors (Lipinski definition) is 11. The van der Waals surface area contributed by atoms with Gasteiger partial charge in [-0.15, -0.1) is 15.3 Å². The summed E-state index contributed by atoms with van der Waals surface area (Å²) >= 11 is 0. The fraction of sp³-hybridized carbons (Fsp3) is 0.240. The van der Waals surface area contributed by atoms with E-state index in [9.17, 15) is 0 Å².